The molecule has 0 aromatic heterocycles. The highest BCUT2D eigenvalue weighted by atomic mass is 16.5. The quantitative estimate of drug-likeness (QED) is 0.204. The van der Waals surface area contributed by atoms with E-state index in [-0.39, 0.29) is 30.3 Å². The monoisotopic (exact) mass is 546 g/mol. The average Bonchev–Trinajstić information content (AvgIpc) is 3.18. The Balaban J connectivity index is 1.83. The maximum atomic E-state index is 13.2. The SMILES string of the molecule is C=C1/C(=C\C=C2/C[C@H](C(=O)OCCCC(=O)O)C[C@]3(C)[C@@H]([C@H](C)CCCC(C)(C)O)CC[C@@H]23)C[C@@H](O)C[C@@H]1O. The highest BCUT2D eigenvalue weighted by Gasteiger charge is 2.54. The molecule has 0 aromatic carbocycles. The number of fused-ring (bicyclic) bond motifs is 1. The van der Waals surface area contributed by atoms with Gasteiger partial charge in [-0.25, -0.2) is 0 Å². The zero-order chi connectivity index (χ0) is 29.0. The maximum absolute atomic E-state index is 13.2. The fraction of sp³-hybridized carbons (Fsp3) is 0.750. The molecule has 0 unspecified atom stereocenters. The van der Waals surface area contributed by atoms with Crippen molar-refractivity contribution in [3.05, 3.63) is 35.5 Å². The molecule has 39 heavy (non-hydrogen) atoms. The van der Waals surface area contributed by atoms with E-state index in [9.17, 15) is 24.9 Å². The molecule has 3 rings (SSSR count). The van der Waals surface area contributed by atoms with E-state index in [2.05, 4.69) is 26.5 Å². The topological polar surface area (TPSA) is 124 Å². The largest absolute Gasteiger partial charge is 0.481 e. The summed E-state index contributed by atoms with van der Waals surface area (Å²) in [7, 11) is 0. The summed E-state index contributed by atoms with van der Waals surface area (Å²) in [5, 5.41) is 39.5. The van der Waals surface area contributed by atoms with Crippen LogP contribution in [0.25, 0.3) is 0 Å². The second-order valence-corrected chi connectivity index (χ2v) is 13.3. The first-order valence-corrected chi connectivity index (χ1v) is 14.8. The Kier molecular flexibility index (Phi) is 10.6. The number of esters is 1. The second kappa shape index (κ2) is 13.1. The van der Waals surface area contributed by atoms with E-state index in [4.69, 9.17) is 9.84 Å². The van der Waals surface area contributed by atoms with Crippen molar-refractivity contribution in [2.24, 2.45) is 29.1 Å². The summed E-state index contributed by atoms with van der Waals surface area (Å²) in [6.45, 7) is 12.5. The Morgan fingerprint density at radius 3 is 2.56 bits per heavy atom. The first-order valence-electron chi connectivity index (χ1n) is 14.8. The van der Waals surface area contributed by atoms with Crippen molar-refractivity contribution in [2.75, 3.05) is 6.61 Å². The zero-order valence-electron chi connectivity index (χ0n) is 24.3. The number of rotatable bonds is 11. The minimum atomic E-state index is -0.899. The first kappa shape index (κ1) is 31.6. The number of allylic oxidation sites excluding steroid dienone is 3. The number of hydrogen-bond acceptors (Lipinski definition) is 6. The summed E-state index contributed by atoms with van der Waals surface area (Å²) in [6.07, 6.45) is 9.99. The van der Waals surface area contributed by atoms with Crippen LogP contribution < -0.4 is 0 Å². The Hall–Kier alpha value is -1.96. The molecule has 3 fully saturated rings. The van der Waals surface area contributed by atoms with Gasteiger partial charge < -0.3 is 25.2 Å². The van der Waals surface area contributed by atoms with Crippen LogP contribution >= 0.6 is 0 Å². The van der Waals surface area contributed by atoms with E-state index in [0.717, 1.165) is 44.1 Å². The van der Waals surface area contributed by atoms with Gasteiger partial charge >= 0.3 is 11.9 Å². The summed E-state index contributed by atoms with van der Waals surface area (Å²) >= 11 is 0. The Morgan fingerprint density at radius 1 is 1.18 bits per heavy atom. The van der Waals surface area contributed by atoms with E-state index in [1.54, 1.807) is 0 Å². The van der Waals surface area contributed by atoms with E-state index in [1.165, 1.54) is 5.57 Å². The standard InChI is InChI=1S/C32H50O7/c1-20(8-6-14-31(3,4)38)26-12-13-27-23(11-10-22-17-25(33)18-28(34)21(22)2)16-24(19-32(26,27)5)30(37)39-15-7-9-29(35)36/h10-11,20,24-28,33-34,38H,2,6-9,12-19H2,1,3-5H3,(H,35,36)/b22-10-,23-11+/t20-,24+,25-,26-,27+,28+,32-/m1/s1. The van der Waals surface area contributed by atoms with Crippen LogP contribution in [0.4, 0.5) is 0 Å². The van der Waals surface area contributed by atoms with Crippen LogP contribution in [-0.2, 0) is 14.3 Å². The second-order valence-electron chi connectivity index (χ2n) is 13.3. The van der Waals surface area contributed by atoms with Crippen molar-refractivity contribution >= 4 is 11.9 Å². The summed E-state index contributed by atoms with van der Waals surface area (Å²) < 4.78 is 5.56. The van der Waals surface area contributed by atoms with E-state index < -0.39 is 23.8 Å². The van der Waals surface area contributed by atoms with Gasteiger partial charge in [0.1, 0.15) is 0 Å². The van der Waals surface area contributed by atoms with Gasteiger partial charge in [0.15, 0.2) is 0 Å². The minimum absolute atomic E-state index is 0.0255. The molecule has 4 N–H and O–H groups in total. The van der Waals surface area contributed by atoms with E-state index in [0.29, 0.717) is 49.0 Å². The molecular weight excluding hydrogens is 496 g/mol. The van der Waals surface area contributed by atoms with Gasteiger partial charge in [0.25, 0.3) is 0 Å². The normalized spacial score (nSPS) is 34.2. The highest BCUT2D eigenvalue weighted by molar-refractivity contribution is 5.73. The number of hydrogen-bond donors (Lipinski definition) is 4. The third-order valence-electron chi connectivity index (χ3n) is 9.54. The van der Waals surface area contributed by atoms with Gasteiger partial charge in [-0.2, -0.15) is 0 Å². The molecule has 3 saturated carbocycles. The van der Waals surface area contributed by atoms with Crippen LogP contribution in [0.1, 0.15) is 98.3 Å². The molecule has 0 bridgehead atoms. The highest BCUT2D eigenvalue weighted by Crippen LogP contribution is 2.61. The molecule has 0 aliphatic heterocycles. The number of carboxylic acids is 1. The summed E-state index contributed by atoms with van der Waals surface area (Å²) in [5.74, 6) is -0.224. The number of carbonyl (C=O) groups excluding carboxylic acids is 1. The van der Waals surface area contributed by atoms with Gasteiger partial charge in [0.05, 0.1) is 30.3 Å². The van der Waals surface area contributed by atoms with E-state index in [1.807, 2.05) is 19.9 Å². The molecule has 7 heteroatoms. The van der Waals surface area contributed by atoms with Crippen molar-refractivity contribution < 1.29 is 34.8 Å². The molecule has 0 heterocycles. The van der Waals surface area contributed by atoms with Crippen LogP contribution in [-0.4, -0.2) is 56.8 Å². The smallest absolute Gasteiger partial charge is 0.309 e. The molecule has 0 spiro atoms. The number of carbonyl (C=O) groups is 2. The molecule has 0 radical (unpaired) electrons. The van der Waals surface area contributed by atoms with Crippen LogP contribution in [0, 0.1) is 29.1 Å². The van der Waals surface area contributed by atoms with Crippen molar-refractivity contribution in [2.45, 2.75) is 116 Å². The van der Waals surface area contributed by atoms with Crippen molar-refractivity contribution in [1.82, 2.24) is 0 Å². The van der Waals surface area contributed by atoms with Gasteiger partial charge in [0.2, 0.25) is 0 Å². The van der Waals surface area contributed by atoms with Gasteiger partial charge in [-0.05, 0) is 93.1 Å². The molecule has 220 valence electrons. The van der Waals surface area contributed by atoms with Crippen LogP contribution in [0.2, 0.25) is 0 Å². The molecule has 3 aliphatic carbocycles. The lowest BCUT2D eigenvalue weighted by atomic mass is 9.58. The Bertz CT molecular complexity index is 958. The van der Waals surface area contributed by atoms with Crippen molar-refractivity contribution in [3.63, 3.8) is 0 Å². The number of carboxylic acid groups (broad SMARTS) is 1. The van der Waals surface area contributed by atoms with Crippen LogP contribution in [0.3, 0.4) is 0 Å². The molecule has 0 aromatic rings. The first-order chi connectivity index (χ1) is 18.2. The van der Waals surface area contributed by atoms with Gasteiger partial charge in [-0.1, -0.05) is 51.0 Å². The lowest BCUT2D eigenvalue weighted by Crippen LogP contribution is -2.41. The molecular formula is C32H50O7. The van der Waals surface area contributed by atoms with E-state index >= 15 is 0 Å². The number of aliphatic hydroxyl groups excluding tert-OH is 2. The molecule has 7 atom stereocenters. The predicted molar refractivity (Wildman–Crippen MR) is 151 cm³/mol. The third-order valence-corrected chi connectivity index (χ3v) is 9.54. The predicted octanol–water partition coefficient (Wildman–Crippen LogP) is 5.34. The summed E-state index contributed by atoms with van der Waals surface area (Å²) in [4.78, 5) is 24.0. The van der Waals surface area contributed by atoms with Crippen LogP contribution in [0.15, 0.2) is 35.5 Å². The lowest BCUT2D eigenvalue weighted by molar-refractivity contribution is -0.152. The lowest BCUT2D eigenvalue weighted by Gasteiger charge is -2.46. The Morgan fingerprint density at radius 2 is 1.90 bits per heavy atom. The fourth-order valence-electron chi connectivity index (χ4n) is 7.52. The van der Waals surface area contributed by atoms with Crippen LogP contribution in [0.5, 0.6) is 0 Å². The molecule has 0 amide bonds. The van der Waals surface area contributed by atoms with Gasteiger partial charge in [-0.3, -0.25) is 9.59 Å². The number of ether oxygens (including phenoxy) is 1. The average molecular weight is 547 g/mol. The van der Waals surface area contributed by atoms with Crippen molar-refractivity contribution in [3.8, 4) is 0 Å². The summed E-state index contributed by atoms with van der Waals surface area (Å²) in [6, 6.07) is 0. The fourth-order valence-corrected chi connectivity index (χ4v) is 7.52. The Labute approximate surface area is 234 Å². The number of aliphatic hydroxyl groups is 3. The zero-order valence-corrected chi connectivity index (χ0v) is 24.3. The summed E-state index contributed by atoms with van der Waals surface area (Å²) in [5.41, 5.74) is 1.95. The minimum Gasteiger partial charge on any atom is -0.481 e. The van der Waals surface area contributed by atoms with Crippen molar-refractivity contribution in [1.29, 1.82) is 0 Å². The molecule has 3 aliphatic rings. The maximum Gasteiger partial charge on any atom is 0.309 e. The molecule has 7 nitrogen and oxygen atoms in total. The third kappa shape index (κ3) is 8.27. The molecule has 0 saturated heterocycles. The number of aliphatic carboxylic acids is 1. The van der Waals surface area contributed by atoms with Gasteiger partial charge in [0, 0.05) is 12.8 Å². The van der Waals surface area contributed by atoms with Gasteiger partial charge in [-0.15, -0.1) is 0 Å².